The predicted molar refractivity (Wildman–Crippen MR) is 109 cm³/mol. The van der Waals surface area contributed by atoms with Crippen LogP contribution in [0.4, 0.5) is 0 Å². The lowest BCUT2D eigenvalue weighted by atomic mass is 10.1. The fourth-order valence-corrected chi connectivity index (χ4v) is 4.55. The minimum atomic E-state index is -0.831. The Balaban J connectivity index is 1.71. The summed E-state index contributed by atoms with van der Waals surface area (Å²) >= 11 is 8.69. The van der Waals surface area contributed by atoms with Crippen LogP contribution in [0.5, 0.6) is 0 Å². The fraction of sp³-hybridized carbons (Fsp3) is 0.167. The summed E-state index contributed by atoms with van der Waals surface area (Å²) in [5.41, 5.74) is 3.64. The van der Waals surface area contributed by atoms with Crippen molar-refractivity contribution in [1.82, 2.24) is 15.8 Å². The highest BCUT2D eigenvalue weighted by molar-refractivity contribution is 8.17. The molecule has 2 amide bonds. The highest BCUT2D eigenvalue weighted by atomic mass is 35.5. The van der Waals surface area contributed by atoms with Gasteiger partial charge in [-0.1, -0.05) is 17.7 Å². The first-order valence-electron chi connectivity index (χ1n) is 8.09. The summed E-state index contributed by atoms with van der Waals surface area (Å²) in [5, 5.41) is 8.36. The van der Waals surface area contributed by atoms with E-state index in [4.69, 9.17) is 11.6 Å². The number of thiophene rings is 1. The zero-order chi connectivity index (χ0) is 19.2. The van der Waals surface area contributed by atoms with Crippen molar-refractivity contribution in [2.75, 3.05) is 0 Å². The van der Waals surface area contributed by atoms with E-state index in [2.05, 4.69) is 15.7 Å². The van der Waals surface area contributed by atoms with E-state index >= 15 is 0 Å². The Labute approximate surface area is 169 Å². The molecular weight excluding hydrogens is 404 g/mol. The van der Waals surface area contributed by atoms with Gasteiger partial charge in [0.2, 0.25) is 0 Å². The number of carbonyl (C=O) groups is 2. The molecule has 0 saturated carbocycles. The molecule has 0 aliphatic carbocycles. The SMILES string of the molecule is CC1(C)NN2C(=NC1=O)SC(NC(=O)c1ccc(Cl)cc1)=C2c1cccs1. The quantitative estimate of drug-likeness (QED) is 0.795. The summed E-state index contributed by atoms with van der Waals surface area (Å²) in [5.74, 6) is -0.508. The first kappa shape index (κ1) is 18.2. The average Bonchev–Trinajstić information content (AvgIpc) is 3.23. The van der Waals surface area contributed by atoms with Gasteiger partial charge in [0.05, 0.1) is 4.88 Å². The number of halogens is 1. The topological polar surface area (TPSA) is 73.8 Å². The van der Waals surface area contributed by atoms with Gasteiger partial charge in [-0.15, -0.1) is 11.3 Å². The van der Waals surface area contributed by atoms with E-state index in [1.807, 2.05) is 17.5 Å². The predicted octanol–water partition coefficient (Wildman–Crippen LogP) is 3.69. The standard InChI is InChI=1S/C18H15ClN4O2S2/c1-18(2)16(25)21-17-23(22-18)13(12-4-3-9-26-12)15(27-17)20-14(24)10-5-7-11(19)8-6-10/h3-9,22H,1-2H3,(H,20,24). The molecule has 6 nitrogen and oxygen atoms in total. The van der Waals surface area contributed by atoms with Gasteiger partial charge in [0.15, 0.2) is 5.17 Å². The molecule has 0 radical (unpaired) electrons. The number of hydrazine groups is 1. The number of aliphatic imine (C=N–C) groups is 1. The van der Waals surface area contributed by atoms with Gasteiger partial charge >= 0.3 is 0 Å². The van der Waals surface area contributed by atoms with Crippen molar-refractivity contribution in [3.05, 3.63) is 62.3 Å². The van der Waals surface area contributed by atoms with Crippen LogP contribution in [0.25, 0.3) is 5.70 Å². The molecule has 4 rings (SSSR count). The van der Waals surface area contributed by atoms with Gasteiger partial charge in [0.1, 0.15) is 16.3 Å². The van der Waals surface area contributed by atoms with Crippen LogP contribution in [0.1, 0.15) is 29.1 Å². The van der Waals surface area contributed by atoms with Gasteiger partial charge < -0.3 is 5.32 Å². The Morgan fingerprint density at radius 1 is 1.26 bits per heavy atom. The lowest BCUT2D eigenvalue weighted by molar-refractivity contribution is -0.124. The summed E-state index contributed by atoms with van der Waals surface area (Å²) in [6, 6.07) is 10.6. The zero-order valence-electron chi connectivity index (χ0n) is 14.4. The van der Waals surface area contributed by atoms with Crippen LogP contribution in [-0.4, -0.2) is 27.5 Å². The monoisotopic (exact) mass is 418 g/mol. The number of amides is 2. The van der Waals surface area contributed by atoms with Gasteiger partial charge in [-0.05, 0) is 61.3 Å². The summed E-state index contributed by atoms with van der Waals surface area (Å²) in [6.07, 6.45) is 0. The Morgan fingerprint density at radius 3 is 2.67 bits per heavy atom. The number of nitrogens with one attached hydrogen (secondary N) is 2. The highest BCUT2D eigenvalue weighted by Crippen LogP contribution is 2.41. The second-order valence-corrected chi connectivity index (χ2v) is 8.85. The number of carbonyl (C=O) groups excluding carboxylic acids is 2. The maximum atomic E-state index is 12.7. The van der Waals surface area contributed by atoms with E-state index in [-0.39, 0.29) is 11.8 Å². The molecule has 1 aromatic carbocycles. The maximum absolute atomic E-state index is 12.7. The molecule has 2 aliphatic heterocycles. The second kappa shape index (κ2) is 6.79. The number of rotatable bonds is 3. The molecule has 0 atom stereocenters. The van der Waals surface area contributed by atoms with Crippen LogP contribution >= 0.6 is 34.7 Å². The van der Waals surface area contributed by atoms with Crippen LogP contribution in [0.2, 0.25) is 5.02 Å². The lowest BCUT2D eigenvalue weighted by Gasteiger charge is -2.35. The van der Waals surface area contributed by atoms with E-state index in [1.54, 1.807) is 54.5 Å². The van der Waals surface area contributed by atoms with Crippen molar-refractivity contribution in [2.24, 2.45) is 4.99 Å². The van der Waals surface area contributed by atoms with Crippen molar-refractivity contribution in [3.63, 3.8) is 0 Å². The van der Waals surface area contributed by atoms with Crippen LogP contribution in [0, 0.1) is 0 Å². The average molecular weight is 419 g/mol. The van der Waals surface area contributed by atoms with Crippen molar-refractivity contribution >= 4 is 57.4 Å². The number of nitrogens with zero attached hydrogens (tertiary/aromatic N) is 2. The molecule has 0 bridgehead atoms. The number of hydrogen-bond acceptors (Lipinski definition) is 6. The Bertz CT molecular complexity index is 981. The fourth-order valence-electron chi connectivity index (χ4n) is 2.61. The first-order chi connectivity index (χ1) is 12.8. The molecule has 2 aliphatic rings. The van der Waals surface area contributed by atoms with E-state index in [0.29, 0.717) is 20.8 Å². The van der Waals surface area contributed by atoms with Crippen LogP contribution in [0.3, 0.4) is 0 Å². The van der Waals surface area contributed by atoms with Gasteiger partial charge in [0, 0.05) is 10.6 Å². The first-order valence-corrected chi connectivity index (χ1v) is 10.2. The number of benzene rings is 1. The molecule has 0 spiro atoms. The van der Waals surface area contributed by atoms with E-state index in [1.165, 1.54) is 11.8 Å². The summed E-state index contributed by atoms with van der Waals surface area (Å²) in [4.78, 5) is 30.1. The number of amidine groups is 1. The molecule has 1 aromatic heterocycles. The minimum Gasteiger partial charge on any atom is -0.314 e. The molecule has 2 N–H and O–H groups in total. The van der Waals surface area contributed by atoms with Crippen LogP contribution in [0.15, 0.2) is 51.8 Å². The van der Waals surface area contributed by atoms with Crippen molar-refractivity contribution in [3.8, 4) is 0 Å². The smallest absolute Gasteiger partial charge is 0.269 e. The molecule has 9 heteroatoms. The van der Waals surface area contributed by atoms with E-state index in [9.17, 15) is 9.59 Å². The van der Waals surface area contributed by atoms with Gasteiger partial charge in [-0.3, -0.25) is 9.59 Å². The summed E-state index contributed by atoms with van der Waals surface area (Å²) in [7, 11) is 0. The zero-order valence-corrected chi connectivity index (χ0v) is 16.8. The van der Waals surface area contributed by atoms with Crippen LogP contribution in [-0.2, 0) is 4.79 Å². The third-order valence-corrected chi connectivity index (χ3v) is 6.12. The Kier molecular flexibility index (Phi) is 4.59. The molecule has 27 heavy (non-hydrogen) atoms. The number of thioether (sulfide) groups is 1. The van der Waals surface area contributed by atoms with Gasteiger partial charge in [0.25, 0.3) is 11.8 Å². The normalized spacial score (nSPS) is 18.4. The largest absolute Gasteiger partial charge is 0.314 e. The minimum absolute atomic E-state index is 0.253. The highest BCUT2D eigenvalue weighted by Gasteiger charge is 2.42. The van der Waals surface area contributed by atoms with E-state index < -0.39 is 5.54 Å². The summed E-state index contributed by atoms with van der Waals surface area (Å²) < 4.78 is 0. The van der Waals surface area contributed by atoms with Crippen molar-refractivity contribution in [2.45, 2.75) is 19.4 Å². The molecule has 0 fully saturated rings. The molecule has 3 heterocycles. The van der Waals surface area contributed by atoms with Gasteiger partial charge in [-0.25, -0.2) is 10.4 Å². The van der Waals surface area contributed by atoms with Gasteiger partial charge in [-0.2, -0.15) is 4.99 Å². The number of hydrogen-bond donors (Lipinski definition) is 2. The third kappa shape index (κ3) is 3.41. The van der Waals surface area contributed by atoms with Crippen molar-refractivity contribution < 1.29 is 9.59 Å². The molecular formula is C18H15ClN4O2S2. The molecule has 0 saturated heterocycles. The second-order valence-electron chi connectivity index (χ2n) is 6.49. The molecule has 2 aromatic rings. The summed E-state index contributed by atoms with van der Waals surface area (Å²) in [6.45, 7) is 3.55. The third-order valence-electron chi connectivity index (χ3n) is 4.03. The molecule has 0 unspecified atom stereocenters. The molecule has 138 valence electrons. The Hall–Kier alpha value is -2.13. The van der Waals surface area contributed by atoms with Crippen LogP contribution < -0.4 is 10.7 Å². The Morgan fingerprint density at radius 2 is 2.00 bits per heavy atom. The van der Waals surface area contributed by atoms with E-state index in [0.717, 1.165) is 10.6 Å². The lowest BCUT2D eigenvalue weighted by Crippen LogP contribution is -2.58. The number of fused-ring (bicyclic) bond motifs is 1. The maximum Gasteiger partial charge on any atom is 0.269 e. The van der Waals surface area contributed by atoms with Crippen molar-refractivity contribution in [1.29, 1.82) is 0 Å².